The molecule has 6 nitrogen and oxygen atoms in total. The molecule has 0 spiro atoms. The van der Waals surface area contributed by atoms with E-state index in [1.54, 1.807) is 19.2 Å². The summed E-state index contributed by atoms with van der Waals surface area (Å²) in [6.07, 6.45) is 0.649. The lowest BCUT2D eigenvalue weighted by atomic mass is 10.1. The predicted molar refractivity (Wildman–Crippen MR) is 73.2 cm³/mol. The average molecular weight is 267 g/mol. The summed E-state index contributed by atoms with van der Waals surface area (Å²) < 4.78 is 5.08. The van der Waals surface area contributed by atoms with Gasteiger partial charge in [-0.15, -0.1) is 0 Å². The number of methoxy groups -OCH3 is 1. The Kier molecular flexibility index (Phi) is 6.88. The van der Waals surface area contributed by atoms with Crippen molar-refractivity contribution in [1.82, 2.24) is 5.32 Å². The van der Waals surface area contributed by atoms with Gasteiger partial charge in [0.25, 0.3) is 0 Å². The van der Waals surface area contributed by atoms with Gasteiger partial charge in [-0.2, -0.15) is 0 Å². The maximum atomic E-state index is 8.94. The van der Waals surface area contributed by atoms with E-state index in [2.05, 4.69) is 10.5 Å². The Bertz CT molecular complexity index is 387. The summed E-state index contributed by atoms with van der Waals surface area (Å²) in [6, 6.07) is 7.53. The highest BCUT2D eigenvalue weighted by Gasteiger charge is 2.07. The normalized spacial score (nSPS) is 13.5. The molecule has 0 saturated carbocycles. The van der Waals surface area contributed by atoms with Crippen molar-refractivity contribution < 1.29 is 15.1 Å². The van der Waals surface area contributed by atoms with Crippen LogP contribution in [0.4, 0.5) is 0 Å². The number of nitrogens with one attached hydrogen (secondary N) is 1. The van der Waals surface area contributed by atoms with E-state index in [9.17, 15) is 0 Å². The molecule has 1 atom stereocenters. The number of benzene rings is 1. The molecule has 0 aliphatic rings. The van der Waals surface area contributed by atoms with E-state index in [4.69, 9.17) is 20.8 Å². The zero-order valence-electron chi connectivity index (χ0n) is 11.0. The molecule has 1 unspecified atom stereocenters. The van der Waals surface area contributed by atoms with E-state index in [1.807, 2.05) is 12.1 Å². The molecule has 0 amide bonds. The summed E-state index contributed by atoms with van der Waals surface area (Å²) in [5.41, 5.74) is 7.24. The van der Waals surface area contributed by atoms with Gasteiger partial charge in [-0.05, 0) is 12.0 Å². The lowest BCUT2D eigenvalue weighted by molar-refractivity contribution is 0.148. The maximum absolute atomic E-state index is 8.94. The van der Waals surface area contributed by atoms with E-state index in [0.29, 0.717) is 25.1 Å². The third-order valence-corrected chi connectivity index (χ3v) is 2.80. The second-order valence-electron chi connectivity index (χ2n) is 4.23. The van der Waals surface area contributed by atoms with Crippen LogP contribution in [0.15, 0.2) is 29.4 Å². The summed E-state index contributed by atoms with van der Waals surface area (Å²) in [4.78, 5) is 0. The third kappa shape index (κ3) is 5.25. The van der Waals surface area contributed by atoms with Crippen LogP contribution in [0.3, 0.4) is 0 Å². The number of nitrogens with two attached hydrogens (primary N) is 1. The van der Waals surface area contributed by atoms with Gasteiger partial charge < -0.3 is 26.1 Å². The van der Waals surface area contributed by atoms with E-state index in [1.165, 1.54) is 0 Å². The molecule has 5 N–H and O–H groups in total. The molecule has 1 aromatic carbocycles. The molecule has 0 fully saturated rings. The van der Waals surface area contributed by atoms with Crippen LogP contribution in [0.5, 0.6) is 0 Å². The SMILES string of the molecule is COCC(CCO)NCc1ccc(/C(N)=N/O)cc1. The second kappa shape index (κ2) is 8.47. The lowest BCUT2D eigenvalue weighted by Gasteiger charge is -2.16. The molecule has 6 heteroatoms. The van der Waals surface area contributed by atoms with Gasteiger partial charge in [0.1, 0.15) is 0 Å². The Labute approximate surface area is 112 Å². The van der Waals surface area contributed by atoms with Crippen LogP contribution in [0.1, 0.15) is 17.5 Å². The zero-order valence-corrected chi connectivity index (χ0v) is 11.0. The van der Waals surface area contributed by atoms with Crippen molar-refractivity contribution in [2.24, 2.45) is 10.9 Å². The van der Waals surface area contributed by atoms with Gasteiger partial charge in [-0.25, -0.2) is 0 Å². The number of aliphatic hydroxyl groups is 1. The average Bonchev–Trinajstić information content (AvgIpc) is 2.45. The van der Waals surface area contributed by atoms with Crippen LogP contribution in [0.25, 0.3) is 0 Å². The van der Waals surface area contributed by atoms with Crippen molar-refractivity contribution in [3.63, 3.8) is 0 Å². The molecule has 0 bridgehead atoms. The fraction of sp³-hybridized carbons (Fsp3) is 0.462. The van der Waals surface area contributed by atoms with E-state index >= 15 is 0 Å². The van der Waals surface area contributed by atoms with Crippen LogP contribution in [-0.4, -0.2) is 42.5 Å². The molecule has 0 heterocycles. The first kappa shape index (κ1) is 15.4. The highest BCUT2D eigenvalue weighted by atomic mass is 16.5. The topological polar surface area (TPSA) is 100 Å². The molecule has 106 valence electrons. The molecule has 19 heavy (non-hydrogen) atoms. The summed E-state index contributed by atoms with van der Waals surface area (Å²) in [5, 5.41) is 23.8. The maximum Gasteiger partial charge on any atom is 0.170 e. The second-order valence-corrected chi connectivity index (χ2v) is 4.23. The largest absolute Gasteiger partial charge is 0.409 e. The summed E-state index contributed by atoms with van der Waals surface area (Å²) in [6.45, 7) is 1.36. The highest BCUT2D eigenvalue weighted by molar-refractivity contribution is 5.96. The Balaban J connectivity index is 2.53. The first-order chi connectivity index (χ1) is 9.21. The predicted octanol–water partition coefficient (Wildman–Crippen LogP) is 0.268. The number of oxime groups is 1. The number of aliphatic hydroxyl groups excluding tert-OH is 1. The quantitative estimate of drug-likeness (QED) is 0.234. The van der Waals surface area contributed by atoms with Crippen LogP contribution in [0, 0.1) is 0 Å². The van der Waals surface area contributed by atoms with Gasteiger partial charge >= 0.3 is 0 Å². The van der Waals surface area contributed by atoms with Crippen molar-refractivity contribution in [3.05, 3.63) is 35.4 Å². The zero-order chi connectivity index (χ0) is 14.1. The van der Waals surface area contributed by atoms with Crippen molar-refractivity contribution in [2.45, 2.75) is 19.0 Å². The molecule has 0 saturated heterocycles. The van der Waals surface area contributed by atoms with E-state index in [-0.39, 0.29) is 18.5 Å². The standard InChI is InChI=1S/C13H21N3O3/c1-19-9-12(6-7-17)15-8-10-2-4-11(5-3-10)13(14)16-18/h2-5,12,15,17-18H,6-9H2,1H3,(H2,14,16). The molecule has 0 aliphatic carbocycles. The Morgan fingerprint density at radius 3 is 2.63 bits per heavy atom. The van der Waals surface area contributed by atoms with Gasteiger partial charge in [-0.3, -0.25) is 0 Å². The Morgan fingerprint density at radius 2 is 2.11 bits per heavy atom. The van der Waals surface area contributed by atoms with Crippen molar-refractivity contribution in [3.8, 4) is 0 Å². The van der Waals surface area contributed by atoms with Crippen LogP contribution in [-0.2, 0) is 11.3 Å². The van der Waals surface area contributed by atoms with Crippen molar-refractivity contribution >= 4 is 5.84 Å². The van der Waals surface area contributed by atoms with Gasteiger partial charge in [-0.1, -0.05) is 29.4 Å². The number of ether oxygens (including phenoxy) is 1. The van der Waals surface area contributed by atoms with Crippen molar-refractivity contribution in [1.29, 1.82) is 0 Å². The smallest absolute Gasteiger partial charge is 0.170 e. The minimum atomic E-state index is 0.0945. The van der Waals surface area contributed by atoms with Gasteiger partial charge in [0.2, 0.25) is 0 Å². The third-order valence-electron chi connectivity index (χ3n) is 2.80. The number of hydrogen-bond donors (Lipinski definition) is 4. The van der Waals surface area contributed by atoms with Crippen molar-refractivity contribution in [2.75, 3.05) is 20.3 Å². The van der Waals surface area contributed by atoms with Gasteiger partial charge in [0.15, 0.2) is 5.84 Å². The molecular weight excluding hydrogens is 246 g/mol. The van der Waals surface area contributed by atoms with Gasteiger partial charge in [0.05, 0.1) is 6.61 Å². The fourth-order valence-corrected chi connectivity index (χ4v) is 1.71. The summed E-state index contributed by atoms with van der Waals surface area (Å²) >= 11 is 0. The van der Waals surface area contributed by atoms with Crippen LogP contribution in [0.2, 0.25) is 0 Å². The Morgan fingerprint density at radius 1 is 1.42 bits per heavy atom. The molecule has 0 aliphatic heterocycles. The number of hydrogen-bond acceptors (Lipinski definition) is 5. The number of nitrogens with zero attached hydrogens (tertiary/aromatic N) is 1. The Hall–Kier alpha value is -1.63. The molecule has 1 aromatic rings. The summed E-state index contributed by atoms with van der Waals surface area (Å²) in [5.74, 6) is 0.0945. The van der Waals surface area contributed by atoms with E-state index < -0.39 is 0 Å². The first-order valence-electron chi connectivity index (χ1n) is 6.11. The lowest BCUT2D eigenvalue weighted by Crippen LogP contribution is -2.33. The molecule has 1 rings (SSSR count). The monoisotopic (exact) mass is 267 g/mol. The fourth-order valence-electron chi connectivity index (χ4n) is 1.71. The van der Waals surface area contributed by atoms with Gasteiger partial charge in [0, 0.05) is 31.9 Å². The summed E-state index contributed by atoms with van der Waals surface area (Å²) in [7, 11) is 1.64. The number of rotatable bonds is 8. The number of amidine groups is 1. The molecular formula is C13H21N3O3. The molecule has 0 aromatic heterocycles. The van der Waals surface area contributed by atoms with Crippen LogP contribution < -0.4 is 11.1 Å². The van der Waals surface area contributed by atoms with E-state index in [0.717, 1.165) is 5.56 Å². The molecule has 0 radical (unpaired) electrons. The minimum absolute atomic E-state index is 0.0945. The minimum Gasteiger partial charge on any atom is -0.409 e. The van der Waals surface area contributed by atoms with Crippen LogP contribution >= 0.6 is 0 Å². The highest BCUT2D eigenvalue weighted by Crippen LogP contribution is 2.05. The first-order valence-corrected chi connectivity index (χ1v) is 6.11.